The number of nitrogens with one attached hydrogen (secondary N) is 1. The van der Waals surface area contributed by atoms with Crippen LogP contribution in [0.15, 0.2) is 0 Å². The van der Waals surface area contributed by atoms with Crippen LogP contribution in [0.3, 0.4) is 0 Å². The third kappa shape index (κ3) is 14.6. The zero-order valence-electron chi connectivity index (χ0n) is 21.3. The Kier molecular flexibility index (Phi) is 19.3. The second kappa shape index (κ2) is 20.2. The highest BCUT2D eigenvalue weighted by molar-refractivity contribution is 5.92. The molecule has 0 radical (unpaired) electrons. The predicted octanol–water partition coefficient (Wildman–Crippen LogP) is 5.16. The maximum atomic E-state index is 12.4. The average Bonchev–Trinajstić information content (AvgIpc) is 2.77. The summed E-state index contributed by atoms with van der Waals surface area (Å²) in [6, 6.07) is -1.57. The molecule has 0 aromatic heterocycles. The molecule has 0 fully saturated rings. The van der Waals surface area contributed by atoms with Gasteiger partial charge in [0.05, 0.1) is 12.6 Å². The summed E-state index contributed by atoms with van der Waals surface area (Å²) in [6.07, 6.45) is 17.7. The summed E-state index contributed by atoms with van der Waals surface area (Å²) < 4.78 is 0. The molecule has 188 valence electrons. The van der Waals surface area contributed by atoms with E-state index in [2.05, 4.69) is 12.2 Å². The fraction of sp³-hybridized carbons (Fsp3) is 0.885. The number of unbranched alkanes of at least 4 members (excludes halogenated alkanes) is 12. The molecule has 0 saturated heterocycles. The molecule has 0 spiro atoms. The monoisotopic (exact) mass is 454 g/mol. The third-order valence-electron chi connectivity index (χ3n) is 6.17. The summed E-state index contributed by atoms with van der Waals surface area (Å²) in [6.45, 7) is 5.34. The molecule has 2 N–H and O–H groups in total. The SMILES string of the molecule is CCCCCCCCCCCCCCCC(=O)N(C)C(CO)C(=O)N[C@H](C)C(=O)CCC. The van der Waals surface area contributed by atoms with Crippen LogP contribution < -0.4 is 5.32 Å². The summed E-state index contributed by atoms with van der Waals surface area (Å²) in [5.41, 5.74) is 0. The minimum Gasteiger partial charge on any atom is -0.394 e. The first-order chi connectivity index (χ1) is 15.4. The van der Waals surface area contributed by atoms with Crippen molar-refractivity contribution in [3.05, 3.63) is 0 Å². The fourth-order valence-corrected chi connectivity index (χ4v) is 3.88. The predicted molar refractivity (Wildman–Crippen MR) is 131 cm³/mol. The zero-order valence-corrected chi connectivity index (χ0v) is 21.3. The van der Waals surface area contributed by atoms with Crippen LogP contribution in [0.4, 0.5) is 0 Å². The van der Waals surface area contributed by atoms with Crippen molar-refractivity contribution < 1.29 is 19.5 Å². The van der Waals surface area contributed by atoms with E-state index in [0.29, 0.717) is 12.8 Å². The van der Waals surface area contributed by atoms with Gasteiger partial charge in [-0.3, -0.25) is 14.4 Å². The number of rotatable bonds is 21. The van der Waals surface area contributed by atoms with Crippen molar-refractivity contribution in [2.45, 2.75) is 136 Å². The molecule has 2 atom stereocenters. The van der Waals surface area contributed by atoms with E-state index in [9.17, 15) is 19.5 Å². The van der Waals surface area contributed by atoms with Crippen molar-refractivity contribution in [2.75, 3.05) is 13.7 Å². The maximum absolute atomic E-state index is 12.4. The Morgan fingerprint density at radius 2 is 1.22 bits per heavy atom. The molecule has 0 aromatic carbocycles. The van der Waals surface area contributed by atoms with Crippen LogP contribution in [0.2, 0.25) is 0 Å². The lowest BCUT2D eigenvalue weighted by molar-refractivity contribution is -0.141. The van der Waals surface area contributed by atoms with E-state index < -0.39 is 24.6 Å². The molecule has 0 aliphatic rings. The van der Waals surface area contributed by atoms with Gasteiger partial charge in [0.2, 0.25) is 11.8 Å². The quantitative estimate of drug-likeness (QED) is 0.235. The van der Waals surface area contributed by atoms with E-state index in [0.717, 1.165) is 25.7 Å². The number of hydrogen-bond acceptors (Lipinski definition) is 4. The molecular formula is C26H50N2O4. The Balaban J connectivity index is 3.94. The number of nitrogens with zero attached hydrogens (tertiary/aromatic N) is 1. The van der Waals surface area contributed by atoms with Crippen LogP contribution in [0, 0.1) is 0 Å². The van der Waals surface area contributed by atoms with Crippen LogP contribution in [0.1, 0.15) is 124 Å². The number of carbonyl (C=O) groups excluding carboxylic acids is 3. The Bertz CT molecular complexity index is 510. The van der Waals surface area contributed by atoms with E-state index in [1.165, 1.54) is 69.1 Å². The number of likely N-dealkylation sites (N-methyl/N-ethyl adjacent to an activating group) is 1. The van der Waals surface area contributed by atoms with Crippen LogP contribution in [-0.4, -0.2) is 53.3 Å². The van der Waals surface area contributed by atoms with Crippen molar-refractivity contribution in [3.63, 3.8) is 0 Å². The molecule has 0 rings (SSSR count). The Hall–Kier alpha value is -1.43. The van der Waals surface area contributed by atoms with E-state index >= 15 is 0 Å². The lowest BCUT2D eigenvalue weighted by Gasteiger charge is -2.27. The molecule has 0 aliphatic carbocycles. The second-order valence-corrected chi connectivity index (χ2v) is 9.14. The number of amides is 2. The fourth-order valence-electron chi connectivity index (χ4n) is 3.88. The van der Waals surface area contributed by atoms with Gasteiger partial charge in [-0.15, -0.1) is 0 Å². The molecule has 32 heavy (non-hydrogen) atoms. The molecule has 0 bridgehead atoms. The third-order valence-corrected chi connectivity index (χ3v) is 6.17. The van der Waals surface area contributed by atoms with Crippen molar-refractivity contribution in [1.82, 2.24) is 10.2 Å². The Morgan fingerprint density at radius 1 is 0.750 bits per heavy atom. The topological polar surface area (TPSA) is 86.7 Å². The lowest BCUT2D eigenvalue weighted by atomic mass is 10.0. The van der Waals surface area contributed by atoms with Crippen LogP contribution in [0.25, 0.3) is 0 Å². The van der Waals surface area contributed by atoms with Gasteiger partial charge < -0.3 is 15.3 Å². The molecular weight excluding hydrogens is 404 g/mol. The molecule has 1 unspecified atom stereocenters. The number of aliphatic hydroxyl groups excluding tert-OH is 1. The van der Waals surface area contributed by atoms with Crippen LogP contribution in [-0.2, 0) is 14.4 Å². The minimum absolute atomic E-state index is 0.0431. The van der Waals surface area contributed by atoms with Gasteiger partial charge in [-0.25, -0.2) is 0 Å². The van der Waals surface area contributed by atoms with Gasteiger partial charge in [-0.05, 0) is 19.8 Å². The summed E-state index contributed by atoms with van der Waals surface area (Å²) in [5, 5.41) is 12.2. The molecule has 2 amide bonds. The summed E-state index contributed by atoms with van der Waals surface area (Å²) in [5.74, 6) is -0.668. The normalized spacial score (nSPS) is 12.9. The first-order valence-electron chi connectivity index (χ1n) is 13.1. The van der Waals surface area contributed by atoms with Gasteiger partial charge in [0.25, 0.3) is 0 Å². The van der Waals surface area contributed by atoms with Gasteiger partial charge in [0.15, 0.2) is 5.78 Å². The summed E-state index contributed by atoms with van der Waals surface area (Å²) >= 11 is 0. The standard InChI is InChI=1S/C26H50N2O4/c1-5-7-8-9-10-11-12-13-14-15-16-17-18-20-25(31)28(4)23(21-29)26(32)27-22(3)24(30)19-6-2/h22-23,29H,5-21H2,1-4H3,(H,27,32)/t22-,23?/m1/s1. The van der Waals surface area contributed by atoms with Gasteiger partial charge in [-0.1, -0.05) is 90.9 Å². The average molecular weight is 455 g/mol. The summed E-state index contributed by atoms with van der Waals surface area (Å²) in [7, 11) is 1.55. The van der Waals surface area contributed by atoms with Gasteiger partial charge in [0.1, 0.15) is 6.04 Å². The molecule has 0 aliphatic heterocycles. The van der Waals surface area contributed by atoms with Crippen molar-refractivity contribution in [3.8, 4) is 0 Å². The first-order valence-corrected chi connectivity index (χ1v) is 13.1. The van der Waals surface area contributed by atoms with Crippen LogP contribution >= 0.6 is 0 Å². The smallest absolute Gasteiger partial charge is 0.245 e. The Morgan fingerprint density at radius 3 is 1.66 bits per heavy atom. The number of Topliss-reactive ketones (excluding diaryl/α,β-unsaturated/α-hetero) is 1. The summed E-state index contributed by atoms with van der Waals surface area (Å²) in [4.78, 5) is 38.0. The van der Waals surface area contributed by atoms with E-state index in [-0.39, 0.29) is 11.7 Å². The zero-order chi connectivity index (χ0) is 24.2. The number of ketones is 1. The molecule has 6 heteroatoms. The highest BCUT2D eigenvalue weighted by Gasteiger charge is 2.27. The minimum atomic E-state index is -0.957. The van der Waals surface area contributed by atoms with E-state index in [1.807, 2.05) is 6.92 Å². The van der Waals surface area contributed by atoms with Crippen molar-refractivity contribution >= 4 is 17.6 Å². The highest BCUT2D eigenvalue weighted by atomic mass is 16.3. The first kappa shape index (κ1) is 30.6. The maximum Gasteiger partial charge on any atom is 0.245 e. The van der Waals surface area contributed by atoms with Gasteiger partial charge >= 0.3 is 0 Å². The van der Waals surface area contributed by atoms with Crippen molar-refractivity contribution in [2.24, 2.45) is 0 Å². The van der Waals surface area contributed by atoms with Gasteiger partial charge in [0, 0.05) is 19.9 Å². The Labute approximate surface area is 196 Å². The number of hydrogen-bond donors (Lipinski definition) is 2. The second-order valence-electron chi connectivity index (χ2n) is 9.14. The highest BCUT2D eigenvalue weighted by Crippen LogP contribution is 2.13. The molecule has 0 saturated carbocycles. The van der Waals surface area contributed by atoms with E-state index in [1.54, 1.807) is 14.0 Å². The molecule has 0 aromatic rings. The largest absolute Gasteiger partial charge is 0.394 e. The molecule has 6 nitrogen and oxygen atoms in total. The van der Waals surface area contributed by atoms with Gasteiger partial charge in [-0.2, -0.15) is 0 Å². The number of aliphatic hydroxyl groups is 1. The van der Waals surface area contributed by atoms with Crippen molar-refractivity contribution in [1.29, 1.82) is 0 Å². The molecule has 0 heterocycles. The van der Waals surface area contributed by atoms with Crippen LogP contribution in [0.5, 0.6) is 0 Å². The van der Waals surface area contributed by atoms with E-state index in [4.69, 9.17) is 0 Å². The lowest BCUT2D eigenvalue weighted by Crippen LogP contribution is -2.52. The number of carbonyl (C=O) groups is 3.